The van der Waals surface area contributed by atoms with Gasteiger partial charge in [-0.2, -0.15) is 0 Å². The van der Waals surface area contributed by atoms with E-state index in [-0.39, 0.29) is 30.0 Å². The molecule has 1 aromatic heterocycles. The summed E-state index contributed by atoms with van der Waals surface area (Å²) >= 11 is 0. The zero-order chi connectivity index (χ0) is 30.1. The Labute approximate surface area is 249 Å². The van der Waals surface area contributed by atoms with Gasteiger partial charge in [0.2, 0.25) is 0 Å². The molecule has 4 rings (SSSR count). The molecule has 0 saturated heterocycles. The van der Waals surface area contributed by atoms with Gasteiger partial charge in [0.1, 0.15) is 12.4 Å². The van der Waals surface area contributed by atoms with E-state index in [0.717, 1.165) is 30.8 Å². The van der Waals surface area contributed by atoms with E-state index in [2.05, 4.69) is 58.6 Å². The molecule has 3 atom stereocenters. The van der Waals surface area contributed by atoms with Crippen LogP contribution in [0.5, 0.6) is 5.75 Å². The number of nitrogens with zero attached hydrogens (tertiary/aromatic N) is 3. The Kier molecular flexibility index (Phi) is 10.9. The Morgan fingerprint density at radius 1 is 1.10 bits per heavy atom. The van der Waals surface area contributed by atoms with E-state index >= 15 is 0 Å². The molecule has 0 saturated carbocycles. The summed E-state index contributed by atoms with van der Waals surface area (Å²) in [7, 11) is 3.47. The molecule has 3 amide bonds. The molecular weight excluding hydrogens is 530 g/mol. The van der Waals surface area contributed by atoms with Crippen molar-refractivity contribution in [2.45, 2.75) is 45.9 Å². The van der Waals surface area contributed by atoms with Crippen molar-refractivity contribution >= 4 is 17.6 Å². The number of benzene rings is 2. The summed E-state index contributed by atoms with van der Waals surface area (Å²) in [5.41, 5.74) is 4.15. The maximum absolute atomic E-state index is 13.6. The molecule has 0 bridgehead atoms. The van der Waals surface area contributed by atoms with Crippen LogP contribution >= 0.6 is 0 Å². The van der Waals surface area contributed by atoms with Gasteiger partial charge in [0, 0.05) is 63.8 Å². The van der Waals surface area contributed by atoms with Crippen molar-refractivity contribution in [3.63, 3.8) is 0 Å². The van der Waals surface area contributed by atoms with Crippen LogP contribution in [-0.2, 0) is 11.3 Å². The Hall–Kier alpha value is -3.95. The predicted octanol–water partition coefficient (Wildman–Crippen LogP) is 5.29. The average molecular weight is 574 g/mol. The number of rotatable bonds is 7. The highest BCUT2D eigenvalue weighted by Gasteiger charge is 2.28. The van der Waals surface area contributed by atoms with Crippen molar-refractivity contribution in [2.75, 3.05) is 45.7 Å². The fraction of sp³-hybridized carbons (Fsp3) is 0.424. The largest absolute Gasteiger partial charge is 0.491 e. The molecule has 1 aliphatic rings. The number of hydrogen-bond donors (Lipinski definition) is 2. The quantitative estimate of drug-likeness (QED) is 0.399. The number of carbonyl (C=O) groups excluding carboxylic acids is 2. The monoisotopic (exact) mass is 573 g/mol. The highest BCUT2D eigenvalue weighted by Crippen LogP contribution is 2.27. The van der Waals surface area contributed by atoms with Crippen LogP contribution in [0.25, 0.3) is 11.3 Å². The molecular formula is C33H43N5O4. The van der Waals surface area contributed by atoms with Gasteiger partial charge < -0.3 is 25.0 Å². The summed E-state index contributed by atoms with van der Waals surface area (Å²) in [6.07, 6.45) is 2.48. The van der Waals surface area contributed by atoms with Crippen molar-refractivity contribution in [1.29, 1.82) is 0 Å². The second-order valence-corrected chi connectivity index (χ2v) is 11.0. The maximum atomic E-state index is 13.6. The minimum Gasteiger partial charge on any atom is -0.491 e. The van der Waals surface area contributed by atoms with Crippen LogP contribution in [0.2, 0.25) is 0 Å². The van der Waals surface area contributed by atoms with Crippen molar-refractivity contribution < 1.29 is 19.1 Å². The minimum absolute atomic E-state index is 0.0538. The number of urea groups is 1. The van der Waals surface area contributed by atoms with Crippen LogP contribution in [-0.4, -0.2) is 79.3 Å². The molecule has 2 N–H and O–H groups in total. The van der Waals surface area contributed by atoms with Crippen molar-refractivity contribution in [2.24, 2.45) is 5.92 Å². The average Bonchev–Trinajstić information content (AvgIpc) is 3.01. The van der Waals surface area contributed by atoms with Gasteiger partial charge >= 0.3 is 6.03 Å². The van der Waals surface area contributed by atoms with E-state index in [1.54, 1.807) is 43.5 Å². The topological polar surface area (TPSA) is 96.0 Å². The van der Waals surface area contributed by atoms with Crippen LogP contribution in [0.4, 0.5) is 10.5 Å². The first kappa shape index (κ1) is 31.0. The molecule has 1 aliphatic heterocycles. The van der Waals surface area contributed by atoms with E-state index in [1.807, 2.05) is 25.1 Å². The van der Waals surface area contributed by atoms with Crippen molar-refractivity contribution in [1.82, 2.24) is 20.1 Å². The number of likely N-dealkylation sites (N-methyl/N-ethyl adjacent to an activating group) is 1. The zero-order valence-electron chi connectivity index (χ0n) is 25.3. The van der Waals surface area contributed by atoms with E-state index in [9.17, 15) is 9.59 Å². The lowest BCUT2D eigenvalue weighted by atomic mass is 10.0. The third-order valence-electron chi connectivity index (χ3n) is 7.67. The van der Waals surface area contributed by atoms with Gasteiger partial charge in [-0.15, -0.1) is 0 Å². The fourth-order valence-corrected chi connectivity index (χ4v) is 5.11. The summed E-state index contributed by atoms with van der Waals surface area (Å²) in [5.74, 6) is 0.449. The van der Waals surface area contributed by atoms with Gasteiger partial charge in [0.25, 0.3) is 5.91 Å². The zero-order valence-corrected chi connectivity index (χ0v) is 25.3. The molecule has 3 aromatic rings. The highest BCUT2D eigenvalue weighted by molar-refractivity contribution is 5.99. The molecule has 42 heavy (non-hydrogen) atoms. The van der Waals surface area contributed by atoms with E-state index in [4.69, 9.17) is 9.47 Å². The third kappa shape index (κ3) is 8.08. The summed E-state index contributed by atoms with van der Waals surface area (Å²) in [6.45, 7) is 9.19. The number of anilines is 1. The molecule has 9 nitrogen and oxygen atoms in total. The third-order valence-corrected chi connectivity index (χ3v) is 7.67. The SMILES string of the molecule is CCCNC(=O)Nc1ccc2c(c1)C(=O)N(C)C[C@@H](OC)[C@@H](C)CN(Cc1ccc(-c3ccccn3)cc1)[C@@H](C)CO2. The van der Waals surface area contributed by atoms with Crippen LogP contribution < -0.4 is 15.4 Å². The van der Waals surface area contributed by atoms with Gasteiger partial charge in [-0.25, -0.2) is 4.79 Å². The summed E-state index contributed by atoms with van der Waals surface area (Å²) < 4.78 is 12.2. The predicted molar refractivity (Wildman–Crippen MR) is 166 cm³/mol. The smallest absolute Gasteiger partial charge is 0.319 e. The number of fused-ring (bicyclic) bond motifs is 1. The van der Waals surface area contributed by atoms with Crippen molar-refractivity contribution in [3.05, 3.63) is 78.0 Å². The number of aromatic nitrogens is 1. The summed E-state index contributed by atoms with van der Waals surface area (Å²) in [6, 6.07) is 19.4. The van der Waals surface area contributed by atoms with Gasteiger partial charge in [-0.05, 0) is 55.2 Å². The van der Waals surface area contributed by atoms with Gasteiger partial charge in [-0.1, -0.05) is 44.2 Å². The van der Waals surface area contributed by atoms with Crippen LogP contribution in [0, 0.1) is 5.92 Å². The first-order chi connectivity index (χ1) is 20.3. The lowest BCUT2D eigenvalue weighted by Gasteiger charge is -2.36. The molecule has 0 radical (unpaired) electrons. The number of methoxy groups -OCH3 is 1. The van der Waals surface area contributed by atoms with Gasteiger partial charge in [-0.3, -0.25) is 14.7 Å². The normalized spacial score (nSPS) is 20.1. The first-order valence-electron chi connectivity index (χ1n) is 14.6. The number of ether oxygens (including phenoxy) is 2. The number of carbonyl (C=O) groups is 2. The van der Waals surface area contributed by atoms with Crippen LogP contribution in [0.15, 0.2) is 66.9 Å². The van der Waals surface area contributed by atoms with Crippen LogP contribution in [0.1, 0.15) is 43.1 Å². The molecule has 9 heteroatoms. The van der Waals surface area contributed by atoms with E-state index < -0.39 is 0 Å². The molecule has 2 heterocycles. The maximum Gasteiger partial charge on any atom is 0.319 e. The van der Waals surface area contributed by atoms with Gasteiger partial charge in [0.15, 0.2) is 0 Å². The lowest BCUT2D eigenvalue weighted by molar-refractivity contribution is 0.00922. The molecule has 0 fully saturated rings. The highest BCUT2D eigenvalue weighted by atomic mass is 16.5. The van der Waals surface area contributed by atoms with Crippen LogP contribution in [0.3, 0.4) is 0 Å². The molecule has 0 unspecified atom stereocenters. The standard InChI is InChI=1S/C33H43N5O4/c1-6-16-35-33(40)36-27-14-15-30-28(18-27)32(39)37(4)21-31(41-5)23(2)19-38(24(3)22-42-30)20-25-10-12-26(13-11-25)29-9-7-8-17-34-29/h7-15,17-18,23-24,31H,6,16,19-22H2,1-5H3,(H2,35,36,40)/t23-,24-,31+/m0/s1. The Bertz CT molecular complexity index is 1320. The summed E-state index contributed by atoms with van der Waals surface area (Å²) in [4.78, 5) is 34.4. The number of hydrogen-bond acceptors (Lipinski definition) is 6. The van der Waals surface area contributed by atoms with E-state index in [0.29, 0.717) is 36.7 Å². The van der Waals surface area contributed by atoms with E-state index in [1.165, 1.54) is 5.56 Å². The molecule has 0 spiro atoms. The Morgan fingerprint density at radius 3 is 2.57 bits per heavy atom. The minimum atomic E-state index is -0.308. The fourth-order valence-electron chi connectivity index (χ4n) is 5.11. The molecule has 224 valence electrons. The lowest BCUT2D eigenvalue weighted by Crippen LogP contribution is -2.46. The second-order valence-electron chi connectivity index (χ2n) is 11.0. The number of amides is 3. The first-order valence-corrected chi connectivity index (χ1v) is 14.6. The number of pyridine rings is 1. The Morgan fingerprint density at radius 2 is 1.88 bits per heavy atom. The molecule has 0 aliphatic carbocycles. The summed E-state index contributed by atoms with van der Waals surface area (Å²) in [5, 5.41) is 5.61. The number of nitrogens with one attached hydrogen (secondary N) is 2. The Balaban J connectivity index is 1.57. The van der Waals surface area contributed by atoms with Gasteiger partial charge in [0.05, 0.1) is 17.4 Å². The van der Waals surface area contributed by atoms with Crippen molar-refractivity contribution in [3.8, 4) is 17.0 Å². The second kappa shape index (κ2) is 14.8. The molecule has 2 aromatic carbocycles.